The number of ether oxygens (including phenoxy) is 1. The van der Waals surface area contributed by atoms with Crippen molar-refractivity contribution in [3.63, 3.8) is 0 Å². The minimum atomic E-state index is -0.606. The summed E-state index contributed by atoms with van der Waals surface area (Å²) in [5.41, 5.74) is 6.83. The van der Waals surface area contributed by atoms with Gasteiger partial charge in [0.25, 0.3) is 0 Å². The summed E-state index contributed by atoms with van der Waals surface area (Å²) in [5.74, 6) is 1.06. The van der Waals surface area contributed by atoms with E-state index in [2.05, 4.69) is 11.0 Å². The van der Waals surface area contributed by atoms with Crippen LogP contribution in [-0.4, -0.2) is 49.1 Å². The molecule has 25 heavy (non-hydrogen) atoms. The second-order valence-corrected chi connectivity index (χ2v) is 6.54. The zero-order valence-electron chi connectivity index (χ0n) is 14.8. The Balaban J connectivity index is 0.00000156. The number of carbonyl (C=O) groups excluding carboxylic acids is 1. The van der Waals surface area contributed by atoms with Crippen LogP contribution in [0.1, 0.15) is 32.6 Å². The van der Waals surface area contributed by atoms with E-state index in [-0.39, 0.29) is 30.7 Å². The fourth-order valence-corrected chi connectivity index (χ4v) is 3.68. The zero-order valence-corrected chi connectivity index (χ0v) is 16.4. The number of amides is 1. The van der Waals surface area contributed by atoms with E-state index in [4.69, 9.17) is 10.5 Å². The fourth-order valence-electron chi connectivity index (χ4n) is 3.68. The van der Waals surface area contributed by atoms with Gasteiger partial charge in [-0.15, -0.1) is 24.8 Å². The van der Waals surface area contributed by atoms with Crippen molar-refractivity contribution in [2.24, 2.45) is 5.73 Å². The van der Waals surface area contributed by atoms with Crippen molar-refractivity contribution >= 4 is 36.4 Å². The van der Waals surface area contributed by atoms with Gasteiger partial charge in [-0.25, -0.2) is 0 Å². The summed E-state index contributed by atoms with van der Waals surface area (Å²) < 4.78 is 5.72. The summed E-state index contributed by atoms with van der Waals surface area (Å²) >= 11 is 0. The molecule has 5 nitrogen and oxygen atoms in total. The Kier molecular flexibility index (Phi) is 8.32. The van der Waals surface area contributed by atoms with Gasteiger partial charge in [0.05, 0.1) is 17.8 Å². The molecule has 2 fully saturated rings. The van der Waals surface area contributed by atoms with E-state index < -0.39 is 5.54 Å². The van der Waals surface area contributed by atoms with Crippen LogP contribution in [0.4, 0.5) is 5.69 Å². The third-order valence-electron chi connectivity index (χ3n) is 4.99. The Bertz CT molecular complexity index is 557. The number of hydrogen-bond donors (Lipinski definition) is 1. The first-order chi connectivity index (χ1) is 11.1. The maximum absolute atomic E-state index is 12.7. The topological polar surface area (TPSA) is 58.8 Å². The number of halogens is 2. The van der Waals surface area contributed by atoms with Crippen LogP contribution < -0.4 is 15.4 Å². The first-order valence-corrected chi connectivity index (χ1v) is 8.69. The summed E-state index contributed by atoms with van der Waals surface area (Å²) in [5, 5.41) is 0. The summed E-state index contributed by atoms with van der Waals surface area (Å²) in [6, 6.07) is 8.11. The number of benzene rings is 1. The minimum Gasteiger partial charge on any atom is -0.492 e. The van der Waals surface area contributed by atoms with Crippen molar-refractivity contribution in [3.8, 4) is 5.75 Å². The summed E-state index contributed by atoms with van der Waals surface area (Å²) in [6.45, 7) is 5.77. The van der Waals surface area contributed by atoms with Gasteiger partial charge in [-0.1, -0.05) is 25.0 Å². The van der Waals surface area contributed by atoms with Crippen LogP contribution in [0.25, 0.3) is 0 Å². The lowest BCUT2D eigenvalue weighted by molar-refractivity contribution is -0.137. The number of carbonyl (C=O) groups is 1. The number of nitrogens with zero attached hydrogens (tertiary/aromatic N) is 2. The Morgan fingerprint density at radius 1 is 1.12 bits per heavy atom. The molecule has 2 N–H and O–H groups in total. The molecule has 1 saturated carbocycles. The van der Waals surface area contributed by atoms with Crippen LogP contribution in [0.2, 0.25) is 0 Å². The van der Waals surface area contributed by atoms with Gasteiger partial charge in [0.15, 0.2) is 0 Å². The van der Waals surface area contributed by atoms with Crippen molar-refractivity contribution in [3.05, 3.63) is 24.3 Å². The van der Waals surface area contributed by atoms with Gasteiger partial charge in [0.1, 0.15) is 5.75 Å². The highest BCUT2D eigenvalue weighted by Gasteiger charge is 2.40. The van der Waals surface area contributed by atoms with E-state index in [1.54, 1.807) is 0 Å². The molecule has 3 rings (SSSR count). The third-order valence-corrected chi connectivity index (χ3v) is 4.99. The van der Waals surface area contributed by atoms with Gasteiger partial charge in [0, 0.05) is 26.2 Å². The van der Waals surface area contributed by atoms with Crippen molar-refractivity contribution in [2.45, 2.75) is 38.1 Å². The van der Waals surface area contributed by atoms with E-state index >= 15 is 0 Å². The molecule has 2 aliphatic rings. The molecule has 0 aromatic heterocycles. The molecule has 1 aromatic rings. The predicted molar refractivity (Wildman–Crippen MR) is 106 cm³/mol. The maximum atomic E-state index is 12.7. The second kappa shape index (κ2) is 9.51. The van der Waals surface area contributed by atoms with E-state index in [0.29, 0.717) is 6.61 Å². The number of rotatable bonds is 4. The van der Waals surface area contributed by atoms with Crippen molar-refractivity contribution in [1.82, 2.24) is 4.90 Å². The first-order valence-electron chi connectivity index (χ1n) is 8.69. The molecule has 1 aliphatic carbocycles. The molecular formula is C18H29Cl2N3O2. The van der Waals surface area contributed by atoms with Crippen LogP contribution in [0.3, 0.4) is 0 Å². The van der Waals surface area contributed by atoms with Crippen LogP contribution in [-0.2, 0) is 4.79 Å². The molecule has 1 heterocycles. The number of anilines is 1. The monoisotopic (exact) mass is 389 g/mol. The molecule has 0 radical (unpaired) electrons. The van der Waals surface area contributed by atoms with E-state index in [9.17, 15) is 4.79 Å². The number of piperazine rings is 1. The highest BCUT2D eigenvalue weighted by molar-refractivity contribution is 5.86. The highest BCUT2D eigenvalue weighted by Crippen LogP contribution is 2.31. The fraction of sp³-hybridized carbons (Fsp3) is 0.611. The average Bonchev–Trinajstić information content (AvgIpc) is 3.03. The smallest absolute Gasteiger partial charge is 0.242 e. The lowest BCUT2D eigenvalue weighted by Gasteiger charge is -2.39. The molecule has 0 bridgehead atoms. The summed E-state index contributed by atoms with van der Waals surface area (Å²) in [7, 11) is 0. The largest absolute Gasteiger partial charge is 0.492 e. The summed E-state index contributed by atoms with van der Waals surface area (Å²) in [6.07, 6.45) is 3.81. The van der Waals surface area contributed by atoms with Crippen LogP contribution in [0.5, 0.6) is 5.75 Å². The third kappa shape index (κ3) is 4.72. The molecule has 0 spiro atoms. The Morgan fingerprint density at radius 2 is 1.72 bits per heavy atom. The second-order valence-electron chi connectivity index (χ2n) is 6.54. The quantitative estimate of drug-likeness (QED) is 0.859. The Hall–Kier alpha value is -1.17. The average molecular weight is 390 g/mol. The lowest BCUT2D eigenvalue weighted by atomic mass is 9.97. The minimum absolute atomic E-state index is 0. The van der Waals surface area contributed by atoms with Crippen LogP contribution in [0, 0.1) is 0 Å². The van der Waals surface area contributed by atoms with Crippen molar-refractivity contribution < 1.29 is 9.53 Å². The van der Waals surface area contributed by atoms with Crippen molar-refractivity contribution in [2.75, 3.05) is 37.7 Å². The standard InChI is InChI=1S/C18H27N3O2.2ClH/c1-2-23-16-8-4-3-7-15(16)20-11-13-21(14-12-20)17(22)18(19)9-5-6-10-18;;/h3-4,7-8H,2,5-6,9-14,19H2,1H3;2*1H. The molecule has 0 atom stereocenters. The Morgan fingerprint density at radius 3 is 2.32 bits per heavy atom. The lowest BCUT2D eigenvalue weighted by Crippen LogP contribution is -2.58. The van der Waals surface area contributed by atoms with Crippen LogP contribution in [0.15, 0.2) is 24.3 Å². The van der Waals surface area contributed by atoms with Gasteiger partial charge in [0.2, 0.25) is 5.91 Å². The first kappa shape index (κ1) is 21.9. The highest BCUT2D eigenvalue weighted by atomic mass is 35.5. The zero-order chi connectivity index (χ0) is 16.3. The van der Waals surface area contributed by atoms with E-state index in [1.807, 2.05) is 30.0 Å². The van der Waals surface area contributed by atoms with Gasteiger partial charge in [-0.05, 0) is 31.9 Å². The van der Waals surface area contributed by atoms with Gasteiger partial charge in [-0.2, -0.15) is 0 Å². The SMILES string of the molecule is CCOc1ccccc1N1CCN(C(=O)C2(N)CCCC2)CC1.Cl.Cl. The number of hydrogen-bond acceptors (Lipinski definition) is 4. The molecule has 1 saturated heterocycles. The normalized spacial score (nSPS) is 19.0. The van der Waals surface area contributed by atoms with E-state index in [0.717, 1.165) is 63.3 Å². The molecule has 1 aliphatic heterocycles. The number of nitrogens with two attached hydrogens (primary N) is 1. The molecular weight excluding hydrogens is 361 g/mol. The number of para-hydroxylation sites is 2. The molecule has 1 amide bonds. The van der Waals surface area contributed by atoms with Crippen molar-refractivity contribution in [1.29, 1.82) is 0 Å². The van der Waals surface area contributed by atoms with Gasteiger partial charge >= 0.3 is 0 Å². The molecule has 142 valence electrons. The molecule has 0 unspecified atom stereocenters. The van der Waals surface area contributed by atoms with Gasteiger partial charge in [-0.3, -0.25) is 4.79 Å². The Labute approximate surface area is 162 Å². The molecule has 1 aromatic carbocycles. The summed E-state index contributed by atoms with van der Waals surface area (Å²) in [4.78, 5) is 16.9. The predicted octanol–water partition coefficient (Wildman–Crippen LogP) is 2.85. The van der Waals surface area contributed by atoms with Crippen LogP contribution >= 0.6 is 24.8 Å². The maximum Gasteiger partial charge on any atom is 0.242 e. The van der Waals surface area contributed by atoms with Gasteiger partial charge < -0.3 is 20.3 Å². The van der Waals surface area contributed by atoms with E-state index in [1.165, 1.54) is 0 Å². The molecule has 7 heteroatoms.